The Kier molecular flexibility index (Phi) is 6.06. The molecule has 1 nitrogen and oxygen atoms in total. The molecular weight excluding hydrogens is 256 g/mol. The maximum atomic E-state index is 10.5. The fourth-order valence-electron chi connectivity index (χ4n) is 2.40. The normalized spacial score (nSPS) is 11.8. The number of aliphatic hydroxyl groups is 1. The van der Waals surface area contributed by atoms with Gasteiger partial charge in [-0.05, 0) is 17.5 Å². The Bertz CT molecular complexity index is 538. The van der Waals surface area contributed by atoms with Crippen molar-refractivity contribution in [2.45, 2.75) is 38.2 Å². The minimum Gasteiger partial charge on any atom is -0.379 e. The van der Waals surface area contributed by atoms with Crippen LogP contribution in [0.5, 0.6) is 0 Å². The maximum absolute atomic E-state index is 10.5. The molecule has 108 valence electrons. The van der Waals surface area contributed by atoms with Crippen LogP contribution in [0.15, 0.2) is 60.7 Å². The minimum atomic E-state index is -0.674. The second-order valence-electron chi connectivity index (χ2n) is 5.17. The van der Waals surface area contributed by atoms with Crippen molar-refractivity contribution in [2.75, 3.05) is 0 Å². The van der Waals surface area contributed by atoms with Crippen LogP contribution < -0.4 is 0 Å². The first kappa shape index (κ1) is 15.4. The van der Waals surface area contributed by atoms with E-state index in [1.807, 2.05) is 36.4 Å². The second-order valence-corrected chi connectivity index (χ2v) is 5.17. The van der Waals surface area contributed by atoms with E-state index in [4.69, 9.17) is 0 Å². The van der Waals surface area contributed by atoms with E-state index in [9.17, 15) is 5.11 Å². The van der Waals surface area contributed by atoms with E-state index < -0.39 is 6.10 Å². The third kappa shape index (κ3) is 4.48. The lowest BCUT2D eigenvalue weighted by Gasteiger charge is -2.20. The topological polar surface area (TPSA) is 20.2 Å². The van der Waals surface area contributed by atoms with Crippen molar-refractivity contribution in [3.8, 4) is 11.8 Å². The zero-order valence-electron chi connectivity index (χ0n) is 12.5. The second kappa shape index (κ2) is 8.29. The molecule has 1 unspecified atom stereocenters. The highest BCUT2D eigenvalue weighted by Gasteiger charge is 2.21. The molecule has 0 amide bonds. The molecule has 1 heteroatoms. The molecule has 2 rings (SSSR count). The molecule has 0 spiro atoms. The van der Waals surface area contributed by atoms with Gasteiger partial charge in [-0.15, -0.1) is 5.92 Å². The Hall–Kier alpha value is -2.04. The van der Waals surface area contributed by atoms with E-state index in [2.05, 4.69) is 43.0 Å². The average Bonchev–Trinajstić information content (AvgIpc) is 2.54. The first-order valence-corrected chi connectivity index (χ1v) is 7.59. The Morgan fingerprint density at radius 3 is 1.90 bits per heavy atom. The molecule has 21 heavy (non-hydrogen) atoms. The summed E-state index contributed by atoms with van der Waals surface area (Å²) in [4.78, 5) is 0. The van der Waals surface area contributed by atoms with Gasteiger partial charge in [-0.1, -0.05) is 79.9 Å². The van der Waals surface area contributed by atoms with Gasteiger partial charge in [-0.2, -0.15) is 0 Å². The summed E-state index contributed by atoms with van der Waals surface area (Å²) < 4.78 is 0. The molecule has 2 aromatic carbocycles. The molecule has 0 aromatic heterocycles. The van der Waals surface area contributed by atoms with Crippen LogP contribution in [0.25, 0.3) is 0 Å². The average molecular weight is 278 g/mol. The van der Waals surface area contributed by atoms with E-state index in [1.165, 1.54) is 0 Å². The highest BCUT2D eigenvalue weighted by Crippen LogP contribution is 2.27. The van der Waals surface area contributed by atoms with Gasteiger partial charge in [0.1, 0.15) is 6.10 Å². The molecule has 1 atom stereocenters. The minimum absolute atomic E-state index is 0.0958. The van der Waals surface area contributed by atoms with E-state index in [0.717, 1.165) is 30.4 Å². The lowest BCUT2D eigenvalue weighted by Crippen LogP contribution is -2.18. The van der Waals surface area contributed by atoms with Gasteiger partial charge in [0.25, 0.3) is 0 Å². The van der Waals surface area contributed by atoms with Crippen LogP contribution in [0, 0.1) is 11.8 Å². The molecule has 0 heterocycles. The van der Waals surface area contributed by atoms with Gasteiger partial charge in [0, 0.05) is 12.3 Å². The predicted molar refractivity (Wildman–Crippen MR) is 88.0 cm³/mol. The van der Waals surface area contributed by atoms with Gasteiger partial charge in [-0.3, -0.25) is 0 Å². The van der Waals surface area contributed by atoms with Gasteiger partial charge < -0.3 is 5.11 Å². The number of rotatable bonds is 5. The van der Waals surface area contributed by atoms with Crippen LogP contribution >= 0.6 is 0 Å². The molecule has 0 bridgehead atoms. The molecule has 0 radical (unpaired) electrons. The van der Waals surface area contributed by atoms with Gasteiger partial charge in [0.05, 0.1) is 0 Å². The number of aliphatic hydroxyl groups excluding tert-OH is 1. The third-order valence-corrected chi connectivity index (χ3v) is 3.54. The zero-order valence-corrected chi connectivity index (χ0v) is 12.5. The number of benzene rings is 2. The van der Waals surface area contributed by atoms with E-state index in [1.54, 1.807) is 0 Å². The molecule has 0 aliphatic heterocycles. The van der Waals surface area contributed by atoms with E-state index in [-0.39, 0.29) is 5.92 Å². The highest BCUT2D eigenvalue weighted by atomic mass is 16.3. The van der Waals surface area contributed by atoms with E-state index in [0.29, 0.717) is 0 Å². The summed E-state index contributed by atoms with van der Waals surface area (Å²) in [6.07, 6.45) is 2.39. The Morgan fingerprint density at radius 1 is 0.905 bits per heavy atom. The summed E-state index contributed by atoms with van der Waals surface area (Å²) in [5, 5.41) is 10.5. The monoisotopic (exact) mass is 278 g/mol. The van der Waals surface area contributed by atoms with Crippen molar-refractivity contribution in [1.82, 2.24) is 0 Å². The maximum Gasteiger partial charge on any atom is 0.125 e. The first-order valence-electron chi connectivity index (χ1n) is 7.59. The standard InChI is InChI=1S/C20H22O/c1-2-3-4-11-16-19(21)20(17-12-7-5-8-13-17)18-14-9-6-10-15-18/h5-10,12-15,19-21H,2-4H2,1H3. The van der Waals surface area contributed by atoms with Gasteiger partial charge in [0.2, 0.25) is 0 Å². The van der Waals surface area contributed by atoms with Gasteiger partial charge in [0.15, 0.2) is 0 Å². The molecule has 0 aliphatic carbocycles. The van der Waals surface area contributed by atoms with Crippen molar-refractivity contribution >= 4 is 0 Å². The summed E-state index contributed by atoms with van der Waals surface area (Å²) in [6.45, 7) is 2.15. The summed E-state index contributed by atoms with van der Waals surface area (Å²) in [6, 6.07) is 20.2. The predicted octanol–water partition coefficient (Wildman–Crippen LogP) is 4.37. The molecule has 1 N–H and O–H groups in total. The smallest absolute Gasteiger partial charge is 0.125 e. The van der Waals surface area contributed by atoms with Gasteiger partial charge >= 0.3 is 0 Å². The van der Waals surface area contributed by atoms with Crippen molar-refractivity contribution in [3.05, 3.63) is 71.8 Å². The third-order valence-electron chi connectivity index (χ3n) is 3.54. The van der Waals surface area contributed by atoms with Gasteiger partial charge in [-0.25, -0.2) is 0 Å². The fourth-order valence-corrected chi connectivity index (χ4v) is 2.40. The SMILES string of the molecule is CCCCC#CC(O)C(c1ccccc1)c1ccccc1. The fraction of sp³-hybridized carbons (Fsp3) is 0.300. The molecular formula is C20H22O. The lowest BCUT2D eigenvalue weighted by molar-refractivity contribution is 0.214. The zero-order chi connectivity index (χ0) is 14.9. The number of unbranched alkanes of at least 4 members (excludes halogenated alkanes) is 2. The Morgan fingerprint density at radius 2 is 1.43 bits per heavy atom. The van der Waals surface area contributed by atoms with Crippen LogP contribution in [0.3, 0.4) is 0 Å². The molecule has 0 aliphatic rings. The molecule has 0 fully saturated rings. The molecule has 0 saturated carbocycles. The van der Waals surface area contributed by atoms with Crippen LogP contribution in [-0.4, -0.2) is 11.2 Å². The largest absolute Gasteiger partial charge is 0.379 e. The van der Waals surface area contributed by atoms with Crippen LogP contribution in [-0.2, 0) is 0 Å². The number of hydrogen-bond acceptors (Lipinski definition) is 1. The molecule has 0 saturated heterocycles. The highest BCUT2D eigenvalue weighted by molar-refractivity contribution is 5.36. The summed E-state index contributed by atoms with van der Waals surface area (Å²) in [5.74, 6) is 6.03. The van der Waals surface area contributed by atoms with E-state index >= 15 is 0 Å². The lowest BCUT2D eigenvalue weighted by atomic mass is 9.87. The van der Waals surface area contributed by atoms with Crippen LogP contribution in [0.1, 0.15) is 43.2 Å². The summed E-state index contributed by atoms with van der Waals surface area (Å²) in [5.41, 5.74) is 2.20. The van der Waals surface area contributed by atoms with Crippen molar-refractivity contribution in [3.63, 3.8) is 0 Å². The van der Waals surface area contributed by atoms with Crippen molar-refractivity contribution < 1.29 is 5.11 Å². The number of hydrogen-bond donors (Lipinski definition) is 1. The summed E-state index contributed by atoms with van der Waals surface area (Å²) in [7, 11) is 0. The van der Waals surface area contributed by atoms with Crippen LogP contribution in [0.4, 0.5) is 0 Å². The quantitative estimate of drug-likeness (QED) is 0.636. The Balaban J connectivity index is 2.26. The molecule has 2 aromatic rings. The van der Waals surface area contributed by atoms with Crippen molar-refractivity contribution in [2.24, 2.45) is 0 Å². The first-order chi connectivity index (χ1) is 10.3. The Labute approximate surface area is 127 Å². The van der Waals surface area contributed by atoms with Crippen molar-refractivity contribution in [1.29, 1.82) is 0 Å². The summed E-state index contributed by atoms with van der Waals surface area (Å²) >= 11 is 0. The van der Waals surface area contributed by atoms with Crippen LogP contribution in [0.2, 0.25) is 0 Å².